The predicted octanol–water partition coefficient (Wildman–Crippen LogP) is 2.58. The van der Waals surface area contributed by atoms with Crippen molar-refractivity contribution in [1.82, 2.24) is 14.1 Å². The summed E-state index contributed by atoms with van der Waals surface area (Å²) in [6.07, 6.45) is 1.48. The van der Waals surface area contributed by atoms with Crippen LogP contribution in [0.2, 0.25) is 0 Å². The summed E-state index contributed by atoms with van der Waals surface area (Å²) in [5.74, 6) is 1.10. The summed E-state index contributed by atoms with van der Waals surface area (Å²) >= 11 is 0. The van der Waals surface area contributed by atoms with Crippen LogP contribution >= 0.6 is 0 Å². The standard InChI is InChI=1S/C20H23N5O2S/c1-3-28(26,27)23-15-8-10-24(11-9-15)19-12-14(2)16(13-21)20-22-17-6-4-5-7-18(17)25(19)20/h4-7,12,15,23H,3,8-11H2,1-2H3. The van der Waals surface area contributed by atoms with E-state index in [4.69, 9.17) is 4.98 Å². The molecule has 7 nitrogen and oxygen atoms in total. The van der Waals surface area contributed by atoms with Crippen LogP contribution in [0.5, 0.6) is 0 Å². The number of piperidine rings is 1. The Morgan fingerprint density at radius 3 is 2.68 bits per heavy atom. The van der Waals surface area contributed by atoms with Gasteiger partial charge < -0.3 is 4.90 Å². The fourth-order valence-corrected chi connectivity index (χ4v) is 4.78. The third kappa shape index (κ3) is 3.21. The first-order valence-electron chi connectivity index (χ1n) is 9.49. The number of fused-ring (bicyclic) bond motifs is 3. The number of aromatic nitrogens is 2. The fraction of sp³-hybridized carbons (Fsp3) is 0.400. The fourth-order valence-electron chi connectivity index (χ4n) is 3.87. The van der Waals surface area contributed by atoms with Crippen molar-refractivity contribution < 1.29 is 8.42 Å². The van der Waals surface area contributed by atoms with E-state index < -0.39 is 10.0 Å². The lowest BCUT2D eigenvalue weighted by Crippen LogP contribution is -2.45. The van der Waals surface area contributed by atoms with Crippen LogP contribution < -0.4 is 9.62 Å². The number of nitrogens with zero attached hydrogens (tertiary/aromatic N) is 4. The molecule has 3 heterocycles. The van der Waals surface area contributed by atoms with Crippen molar-refractivity contribution in [3.8, 4) is 6.07 Å². The SMILES string of the molecule is CCS(=O)(=O)NC1CCN(c2cc(C)c(C#N)c3nc4ccccc4n23)CC1. The van der Waals surface area contributed by atoms with Crippen LogP contribution in [0.3, 0.4) is 0 Å². The summed E-state index contributed by atoms with van der Waals surface area (Å²) in [4.78, 5) is 6.95. The van der Waals surface area contributed by atoms with Crippen LogP contribution in [0.1, 0.15) is 30.9 Å². The van der Waals surface area contributed by atoms with E-state index in [0.717, 1.165) is 48.3 Å². The molecule has 1 saturated heterocycles. The van der Waals surface area contributed by atoms with Gasteiger partial charge in [0.05, 0.1) is 22.3 Å². The van der Waals surface area contributed by atoms with Crippen molar-refractivity contribution >= 4 is 32.5 Å². The Hall–Kier alpha value is -2.63. The maximum atomic E-state index is 11.9. The van der Waals surface area contributed by atoms with E-state index in [1.807, 2.05) is 37.3 Å². The third-order valence-electron chi connectivity index (χ3n) is 5.41. The molecule has 146 valence electrons. The van der Waals surface area contributed by atoms with Crippen molar-refractivity contribution in [2.45, 2.75) is 32.7 Å². The number of nitrogens with one attached hydrogen (secondary N) is 1. The minimum absolute atomic E-state index is 0.0318. The molecule has 0 spiro atoms. The molecule has 28 heavy (non-hydrogen) atoms. The van der Waals surface area contributed by atoms with Gasteiger partial charge >= 0.3 is 0 Å². The Kier molecular flexibility index (Phi) is 4.73. The van der Waals surface area contributed by atoms with E-state index in [2.05, 4.69) is 20.1 Å². The second kappa shape index (κ2) is 7.08. The van der Waals surface area contributed by atoms with Crippen molar-refractivity contribution in [3.05, 3.63) is 41.5 Å². The van der Waals surface area contributed by atoms with E-state index in [9.17, 15) is 13.7 Å². The molecule has 0 bridgehead atoms. The van der Waals surface area contributed by atoms with Gasteiger partial charge in [0.2, 0.25) is 10.0 Å². The highest BCUT2D eigenvalue weighted by Gasteiger charge is 2.25. The first-order valence-corrected chi connectivity index (χ1v) is 11.1. The number of benzene rings is 1. The molecular formula is C20H23N5O2S. The number of sulfonamides is 1. The number of pyridine rings is 1. The Labute approximate surface area is 164 Å². The van der Waals surface area contributed by atoms with Crippen molar-refractivity contribution in [2.24, 2.45) is 0 Å². The van der Waals surface area contributed by atoms with Gasteiger partial charge in [-0.25, -0.2) is 18.1 Å². The molecule has 1 fully saturated rings. The molecule has 3 aromatic rings. The van der Waals surface area contributed by atoms with Gasteiger partial charge in [-0.1, -0.05) is 12.1 Å². The van der Waals surface area contributed by atoms with E-state index in [-0.39, 0.29) is 11.8 Å². The molecule has 1 aromatic carbocycles. The number of hydrogen-bond donors (Lipinski definition) is 1. The van der Waals surface area contributed by atoms with Gasteiger partial charge in [0, 0.05) is 19.1 Å². The highest BCUT2D eigenvalue weighted by Crippen LogP contribution is 2.30. The van der Waals surface area contributed by atoms with Crippen LogP contribution in [0.15, 0.2) is 30.3 Å². The highest BCUT2D eigenvalue weighted by molar-refractivity contribution is 7.89. The van der Waals surface area contributed by atoms with E-state index in [0.29, 0.717) is 11.2 Å². The smallest absolute Gasteiger partial charge is 0.211 e. The minimum Gasteiger partial charge on any atom is -0.358 e. The first kappa shape index (κ1) is 18.7. The second-order valence-corrected chi connectivity index (χ2v) is 9.26. The van der Waals surface area contributed by atoms with Crippen LogP contribution in [0.4, 0.5) is 5.82 Å². The molecular weight excluding hydrogens is 374 g/mol. The van der Waals surface area contributed by atoms with Crippen LogP contribution in [0.25, 0.3) is 16.7 Å². The molecule has 8 heteroatoms. The number of hydrogen-bond acceptors (Lipinski definition) is 5. The normalized spacial score (nSPS) is 16.0. The number of imidazole rings is 1. The van der Waals surface area contributed by atoms with Crippen LogP contribution in [0, 0.1) is 18.3 Å². The molecule has 0 aliphatic carbocycles. The van der Waals surface area contributed by atoms with Gasteiger partial charge in [-0.3, -0.25) is 4.40 Å². The lowest BCUT2D eigenvalue weighted by molar-refractivity contribution is 0.458. The van der Waals surface area contributed by atoms with Gasteiger partial charge in [-0.05, 0) is 50.5 Å². The lowest BCUT2D eigenvalue weighted by Gasteiger charge is -2.34. The quantitative estimate of drug-likeness (QED) is 0.731. The topological polar surface area (TPSA) is 90.5 Å². The highest BCUT2D eigenvalue weighted by atomic mass is 32.2. The van der Waals surface area contributed by atoms with Crippen molar-refractivity contribution in [3.63, 3.8) is 0 Å². The zero-order valence-corrected chi connectivity index (χ0v) is 16.8. The Morgan fingerprint density at radius 2 is 2.00 bits per heavy atom. The molecule has 0 saturated carbocycles. The number of rotatable bonds is 4. The van der Waals surface area contributed by atoms with Gasteiger partial charge in [0.15, 0.2) is 5.65 Å². The second-order valence-electron chi connectivity index (χ2n) is 7.21. The van der Waals surface area contributed by atoms with E-state index in [1.165, 1.54) is 0 Å². The Balaban J connectivity index is 1.73. The van der Waals surface area contributed by atoms with E-state index >= 15 is 0 Å². The lowest BCUT2D eigenvalue weighted by atomic mass is 10.1. The zero-order valence-electron chi connectivity index (χ0n) is 16.0. The molecule has 1 N–H and O–H groups in total. The van der Waals surface area contributed by atoms with Gasteiger partial charge in [0.25, 0.3) is 0 Å². The third-order valence-corrected chi connectivity index (χ3v) is 6.86. The monoisotopic (exact) mass is 397 g/mol. The maximum absolute atomic E-state index is 11.9. The zero-order chi connectivity index (χ0) is 19.9. The van der Waals surface area contributed by atoms with E-state index in [1.54, 1.807) is 6.92 Å². The largest absolute Gasteiger partial charge is 0.358 e. The molecule has 0 amide bonds. The summed E-state index contributed by atoms with van der Waals surface area (Å²) in [7, 11) is -3.19. The van der Waals surface area contributed by atoms with Crippen LogP contribution in [-0.2, 0) is 10.0 Å². The molecule has 4 rings (SSSR count). The summed E-state index contributed by atoms with van der Waals surface area (Å²) in [6.45, 7) is 5.06. The molecule has 1 aliphatic rings. The molecule has 0 atom stereocenters. The molecule has 0 radical (unpaired) electrons. The summed E-state index contributed by atoms with van der Waals surface area (Å²) in [5.41, 5.74) is 3.99. The molecule has 0 unspecified atom stereocenters. The summed E-state index contributed by atoms with van der Waals surface area (Å²) < 4.78 is 28.6. The van der Waals surface area contributed by atoms with Crippen molar-refractivity contribution in [1.29, 1.82) is 5.26 Å². The summed E-state index contributed by atoms with van der Waals surface area (Å²) in [6, 6.07) is 12.2. The van der Waals surface area contributed by atoms with Gasteiger partial charge in [-0.15, -0.1) is 0 Å². The Bertz CT molecular complexity index is 1180. The number of anilines is 1. The molecule has 1 aliphatic heterocycles. The predicted molar refractivity (Wildman–Crippen MR) is 110 cm³/mol. The average molecular weight is 398 g/mol. The van der Waals surface area contributed by atoms with Gasteiger partial charge in [-0.2, -0.15) is 5.26 Å². The number of para-hydroxylation sites is 2. The van der Waals surface area contributed by atoms with Crippen molar-refractivity contribution in [2.75, 3.05) is 23.7 Å². The minimum atomic E-state index is -3.19. The van der Waals surface area contributed by atoms with Gasteiger partial charge in [0.1, 0.15) is 11.9 Å². The molecule has 2 aromatic heterocycles. The summed E-state index contributed by atoms with van der Waals surface area (Å²) in [5, 5.41) is 9.63. The van der Waals surface area contributed by atoms with Crippen LogP contribution in [-0.4, -0.2) is 42.7 Å². The average Bonchev–Trinajstić information content (AvgIpc) is 3.07. The Morgan fingerprint density at radius 1 is 1.29 bits per heavy atom. The maximum Gasteiger partial charge on any atom is 0.211 e. The number of nitriles is 1. The first-order chi connectivity index (χ1) is 13.4. The number of aryl methyl sites for hydroxylation is 1.